The second kappa shape index (κ2) is 7.80. The van der Waals surface area contributed by atoms with Crippen LogP contribution in [0, 0.1) is 0 Å². The Morgan fingerprint density at radius 1 is 1.23 bits per heavy atom. The fourth-order valence-electron chi connectivity index (χ4n) is 3.83. The number of thiophene rings is 1. The average Bonchev–Trinajstić information content (AvgIpc) is 3.16. The number of carbonyl (C=O) groups is 1. The number of amides is 1. The Bertz CT molecular complexity index is 725. The molecule has 1 saturated carbocycles. The van der Waals surface area contributed by atoms with Crippen molar-refractivity contribution in [3.8, 4) is 5.75 Å². The van der Waals surface area contributed by atoms with Gasteiger partial charge in [0.2, 0.25) is 5.91 Å². The SMILES string of the molecule is COc1ccc(CN(CC(=O)N2CCCC2c2cccs2)C2CC2)cc1. The monoisotopic (exact) mass is 370 g/mol. The van der Waals surface area contributed by atoms with Crippen molar-refractivity contribution in [2.24, 2.45) is 0 Å². The average molecular weight is 371 g/mol. The Hall–Kier alpha value is -1.85. The van der Waals surface area contributed by atoms with Crippen LogP contribution in [0.3, 0.4) is 0 Å². The summed E-state index contributed by atoms with van der Waals surface area (Å²) >= 11 is 1.77. The zero-order valence-electron chi connectivity index (χ0n) is 15.3. The molecule has 0 spiro atoms. The van der Waals surface area contributed by atoms with Crippen molar-refractivity contribution in [2.45, 2.75) is 44.3 Å². The molecule has 2 heterocycles. The van der Waals surface area contributed by atoms with E-state index >= 15 is 0 Å². The largest absolute Gasteiger partial charge is 0.497 e. The molecule has 4 nitrogen and oxygen atoms in total. The van der Waals surface area contributed by atoms with Gasteiger partial charge in [-0.15, -0.1) is 11.3 Å². The minimum atomic E-state index is 0.279. The van der Waals surface area contributed by atoms with Crippen LogP contribution in [0.4, 0.5) is 0 Å². The van der Waals surface area contributed by atoms with Crippen LogP contribution in [0.5, 0.6) is 5.75 Å². The van der Waals surface area contributed by atoms with Gasteiger partial charge in [0.25, 0.3) is 0 Å². The number of rotatable bonds is 7. The van der Waals surface area contributed by atoms with Crippen molar-refractivity contribution in [1.82, 2.24) is 9.80 Å². The number of methoxy groups -OCH3 is 1. The van der Waals surface area contributed by atoms with E-state index in [2.05, 4.69) is 39.4 Å². The second-order valence-electron chi connectivity index (χ2n) is 7.24. The van der Waals surface area contributed by atoms with E-state index in [4.69, 9.17) is 4.74 Å². The smallest absolute Gasteiger partial charge is 0.237 e. The lowest BCUT2D eigenvalue weighted by Gasteiger charge is -2.28. The molecular weight excluding hydrogens is 344 g/mol. The third-order valence-electron chi connectivity index (χ3n) is 5.39. The Kier molecular flexibility index (Phi) is 5.27. The summed E-state index contributed by atoms with van der Waals surface area (Å²) in [4.78, 5) is 18.8. The summed E-state index contributed by atoms with van der Waals surface area (Å²) in [7, 11) is 1.68. The van der Waals surface area contributed by atoms with E-state index in [0.717, 1.165) is 31.7 Å². The molecule has 0 bridgehead atoms. The zero-order valence-corrected chi connectivity index (χ0v) is 16.1. The molecule has 2 fully saturated rings. The summed E-state index contributed by atoms with van der Waals surface area (Å²) < 4.78 is 5.24. The van der Waals surface area contributed by atoms with E-state index < -0.39 is 0 Å². The molecule has 0 N–H and O–H groups in total. The van der Waals surface area contributed by atoms with Crippen molar-refractivity contribution < 1.29 is 9.53 Å². The molecule has 26 heavy (non-hydrogen) atoms. The van der Waals surface area contributed by atoms with Crippen LogP contribution in [0.15, 0.2) is 41.8 Å². The molecule has 5 heteroatoms. The molecule has 2 aromatic rings. The van der Waals surface area contributed by atoms with E-state index in [-0.39, 0.29) is 11.9 Å². The molecule has 4 rings (SSSR count). The van der Waals surface area contributed by atoms with Gasteiger partial charge in [-0.3, -0.25) is 9.69 Å². The Morgan fingerprint density at radius 3 is 2.69 bits per heavy atom. The molecule has 138 valence electrons. The van der Waals surface area contributed by atoms with Crippen molar-refractivity contribution in [3.05, 3.63) is 52.2 Å². The lowest BCUT2D eigenvalue weighted by Crippen LogP contribution is -2.40. The minimum Gasteiger partial charge on any atom is -0.497 e. The number of likely N-dealkylation sites (tertiary alicyclic amines) is 1. The van der Waals surface area contributed by atoms with Gasteiger partial charge in [0.05, 0.1) is 19.7 Å². The van der Waals surface area contributed by atoms with Gasteiger partial charge >= 0.3 is 0 Å². The summed E-state index contributed by atoms with van der Waals surface area (Å²) in [6, 6.07) is 13.3. The van der Waals surface area contributed by atoms with Gasteiger partial charge in [-0.2, -0.15) is 0 Å². The van der Waals surface area contributed by atoms with Crippen LogP contribution in [-0.4, -0.2) is 41.9 Å². The summed E-state index contributed by atoms with van der Waals surface area (Å²) in [5.41, 5.74) is 1.24. The lowest BCUT2D eigenvalue weighted by molar-refractivity contribution is -0.133. The zero-order chi connectivity index (χ0) is 17.9. The molecule has 1 aliphatic carbocycles. The standard InChI is InChI=1S/C21H26N2O2S/c1-25-18-10-6-16(7-11-18)14-22(17-8-9-17)15-21(24)23-12-2-4-19(23)20-5-3-13-26-20/h3,5-7,10-11,13,17,19H,2,4,8-9,12,14-15H2,1H3. The van der Waals surface area contributed by atoms with E-state index in [1.165, 1.54) is 23.3 Å². The molecule has 1 atom stereocenters. The van der Waals surface area contributed by atoms with Gasteiger partial charge in [-0.1, -0.05) is 18.2 Å². The number of carbonyl (C=O) groups excluding carboxylic acids is 1. The van der Waals surface area contributed by atoms with Crippen molar-refractivity contribution in [1.29, 1.82) is 0 Å². The first-order valence-electron chi connectivity index (χ1n) is 9.44. The first kappa shape index (κ1) is 17.6. The summed E-state index contributed by atoms with van der Waals surface area (Å²) in [6.07, 6.45) is 4.61. The first-order valence-corrected chi connectivity index (χ1v) is 10.3. The molecule has 1 aromatic carbocycles. The maximum Gasteiger partial charge on any atom is 0.237 e. The summed E-state index contributed by atoms with van der Waals surface area (Å²) in [5.74, 6) is 1.15. The van der Waals surface area contributed by atoms with Gasteiger partial charge in [0.1, 0.15) is 5.75 Å². The second-order valence-corrected chi connectivity index (χ2v) is 8.22. The Morgan fingerprint density at radius 2 is 2.04 bits per heavy atom. The molecule has 1 aliphatic heterocycles. The number of nitrogens with zero attached hydrogens (tertiary/aromatic N) is 2. The number of hydrogen-bond donors (Lipinski definition) is 0. The normalized spacial score (nSPS) is 19.9. The third kappa shape index (κ3) is 3.94. The maximum absolute atomic E-state index is 13.1. The van der Waals surface area contributed by atoms with Gasteiger partial charge in [0, 0.05) is 24.0 Å². The van der Waals surface area contributed by atoms with Crippen LogP contribution in [-0.2, 0) is 11.3 Å². The highest BCUT2D eigenvalue weighted by molar-refractivity contribution is 7.10. The van der Waals surface area contributed by atoms with E-state index in [1.54, 1.807) is 18.4 Å². The molecule has 0 radical (unpaired) electrons. The van der Waals surface area contributed by atoms with Crippen LogP contribution in [0.25, 0.3) is 0 Å². The lowest BCUT2D eigenvalue weighted by atomic mass is 10.2. The number of hydrogen-bond acceptors (Lipinski definition) is 4. The van der Waals surface area contributed by atoms with Gasteiger partial charge in [-0.25, -0.2) is 0 Å². The highest BCUT2D eigenvalue weighted by Crippen LogP contribution is 2.35. The fraction of sp³-hybridized carbons (Fsp3) is 0.476. The highest BCUT2D eigenvalue weighted by Gasteiger charge is 2.35. The van der Waals surface area contributed by atoms with Gasteiger partial charge in [0.15, 0.2) is 0 Å². The summed E-state index contributed by atoms with van der Waals surface area (Å²) in [5, 5.41) is 2.11. The molecule has 1 saturated heterocycles. The fourth-order valence-corrected chi connectivity index (χ4v) is 4.70. The van der Waals surface area contributed by atoms with Crippen LogP contribution < -0.4 is 4.74 Å². The maximum atomic E-state index is 13.1. The third-order valence-corrected chi connectivity index (χ3v) is 6.36. The minimum absolute atomic E-state index is 0.279. The molecule has 2 aliphatic rings. The predicted octanol–water partition coefficient (Wildman–Crippen LogP) is 4.08. The van der Waals surface area contributed by atoms with E-state index in [0.29, 0.717) is 12.6 Å². The Labute approximate surface area is 159 Å². The predicted molar refractivity (Wildman–Crippen MR) is 104 cm³/mol. The number of ether oxygens (including phenoxy) is 1. The van der Waals surface area contributed by atoms with E-state index in [9.17, 15) is 4.79 Å². The first-order chi connectivity index (χ1) is 12.7. The van der Waals surface area contributed by atoms with Gasteiger partial charge < -0.3 is 9.64 Å². The topological polar surface area (TPSA) is 32.8 Å². The van der Waals surface area contributed by atoms with Crippen molar-refractivity contribution in [3.63, 3.8) is 0 Å². The summed E-state index contributed by atoms with van der Waals surface area (Å²) in [6.45, 7) is 2.25. The quantitative estimate of drug-likeness (QED) is 0.736. The van der Waals surface area contributed by atoms with Crippen molar-refractivity contribution >= 4 is 17.2 Å². The molecule has 1 aromatic heterocycles. The van der Waals surface area contributed by atoms with Crippen molar-refractivity contribution in [2.75, 3.05) is 20.2 Å². The Balaban J connectivity index is 1.42. The molecular formula is C21H26N2O2S. The number of benzene rings is 1. The van der Waals surface area contributed by atoms with Crippen LogP contribution >= 0.6 is 11.3 Å². The van der Waals surface area contributed by atoms with Crippen LogP contribution in [0.2, 0.25) is 0 Å². The molecule has 1 amide bonds. The van der Waals surface area contributed by atoms with E-state index in [1.807, 2.05) is 12.1 Å². The highest BCUT2D eigenvalue weighted by atomic mass is 32.1. The van der Waals surface area contributed by atoms with Gasteiger partial charge in [-0.05, 0) is 54.8 Å². The van der Waals surface area contributed by atoms with Crippen LogP contribution in [0.1, 0.15) is 42.2 Å². The molecule has 1 unspecified atom stereocenters.